The van der Waals surface area contributed by atoms with E-state index in [0.29, 0.717) is 5.57 Å². The smallest absolute Gasteiger partial charge is 0.340 e. The first-order valence-corrected chi connectivity index (χ1v) is 10.2. The van der Waals surface area contributed by atoms with E-state index in [2.05, 4.69) is 0 Å². The quantitative estimate of drug-likeness (QED) is 0.578. The Balaban J connectivity index is 1.68. The van der Waals surface area contributed by atoms with Gasteiger partial charge in [0.2, 0.25) is 0 Å². The molecule has 2 aromatic rings. The molecule has 1 aliphatic rings. The molecule has 4 nitrogen and oxygen atoms in total. The fourth-order valence-corrected chi connectivity index (χ4v) is 4.32. The molecule has 0 saturated carbocycles. The molecule has 3 heterocycles. The zero-order chi connectivity index (χ0) is 17.6. The van der Waals surface area contributed by atoms with Gasteiger partial charge in [0.1, 0.15) is 0 Å². The normalized spacial score (nSPS) is 18.2. The van der Waals surface area contributed by atoms with Crippen LogP contribution in [0.1, 0.15) is 35.9 Å². The van der Waals surface area contributed by atoms with Gasteiger partial charge in [-0.1, -0.05) is 12.1 Å². The number of thiophene rings is 2. The molecule has 0 aromatic carbocycles. The van der Waals surface area contributed by atoms with Gasteiger partial charge in [-0.3, -0.25) is 4.79 Å². The number of hydrogen-bond donors (Lipinski definition) is 0. The molecule has 1 fully saturated rings. The molecular formula is C19H21NO3S2. The average molecular weight is 376 g/mol. The first-order valence-electron chi connectivity index (χ1n) is 8.41. The second-order valence-electron chi connectivity index (χ2n) is 6.06. The molecule has 0 unspecified atom stereocenters. The average Bonchev–Trinajstić information content (AvgIpc) is 3.31. The van der Waals surface area contributed by atoms with Crippen molar-refractivity contribution in [1.82, 2.24) is 4.90 Å². The number of piperidine rings is 1. The lowest BCUT2D eigenvalue weighted by molar-refractivity contribution is -0.149. The van der Waals surface area contributed by atoms with E-state index in [1.807, 2.05) is 52.9 Å². The molecule has 1 aliphatic heterocycles. The monoisotopic (exact) mass is 375 g/mol. The van der Waals surface area contributed by atoms with Gasteiger partial charge in [0, 0.05) is 22.3 Å². The summed E-state index contributed by atoms with van der Waals surface area (Å²) < 4.78 is 5.35. The zero-order valence-corrected chi connectivity index (χ0v) is 15.8. The van der Waals surface area contributed by atoms with Crippen molar-refractivity contribution in [2.75, 3.05) is 13.2 Å². The van der Waals surface area contributed by atoms with E-state index in [9.17, 15) is 9.59 Å². The molecule has 1 amide bonds. The molecule has 1 saturated heterocycles. The van der Waals surface area contributed by atoms with Crippen LogP contribution in [0.4, 0.5) is 0 Å². The summed E-state index contributed by atoms with van der Waals surface area (Å²) in [4.78, 5) is 28.6. The maximum atomic E-state index is 12.6. The van der Waals surface area contributed by atoms with Crippen LogP contribution in [0.15, 0.2) is 35.0 Å². The third kappa shape index (κ3) is 4.58. The summed E-state index contributed by atoms with van der Waals surface area (Å²) >= 11 is 3.04. The minimum Gasteiger partial charge on any atom is -0.452 e. The summed E-state index contributed by atoms with van der Waals surface area (Å²) in [6.45, 7) is 2.60. The van der Waals surface area contributed by atoms with Gasteiger partial charge >= 0.3 is 5.97 Å². The Hall–Kier alpha value is -1.92. The van der Waals surface area contributed by atoms with Crippen LogP contribution in [-0.4, -0.2) is 36.0 Å². The number of esters is 1. The number of nitrogens with zero attached hydrogens (tertiary/aromatic N) is 1. The number of hydrogen-bond acceptors (Lipinski definition) is 5. The van der Waals surface area contributed by atoms with Crippen LogP contribution >= 0.6 is 22.7 Å². The van der Waals surface area contributed by atoms with Crippen molar-refractivity contribution in [3.05, 3.63) is 44.8 Å². The molecular weight excluding hydrogens is 354 g/mol. The van der Waals surface area contributed by atoms with Gasteiger partial charge in [-0.15, -0.1) is 22.7 Å². The molecule has 2 aromatic heterocycles. The number of rotatable bonds is 5. The Morgan fingerprint density at radius 3 is 2.72 bits per heavy atom. The van der Waals surface area contributed by atoms with Crippen molar-refractivity contribution < 1.29 is 14.3 Å². The molecule has 3 rings (SSSR count). The summed E-state index contributed by atoms with van der Waals surface area (Å²) in [5.41, 5.74) is 0.497. The molecule has 25 heavy (non-hydrogen) atoms. The zero-order valence-electron chi connectivity index (χ0n) is 14.1. The van der Waals surface area contributed by atoms with Crippen molar-refractivity contribution in [3.63, 3.8) is 0 Å². The molecule has 132 valence electrons. The second-order valence-corrected chi connectivity index (χ2v) is 7.99. The van der Waals surface area contributed by atoms with Crippen LogP contribution in [0, 0.1) is 0 Å². The van der Waals surface area contributed by atoms with E-state index < -0.39 is 5.97 Å². The highest BCUT2D eigenvalue weighted by atomic mass is 32.1. The Morgan fingerprint density at radius 2 is 2.04 bits per heavy atom. The van der Waals surface area contributed by atoms with Gasteiger partial charge in [0.25, 0.3) is 5.91 Å². The van der Waals surface area contributed by atoms with E-state index >= 15 is 0 Å². The standard InChI is InChI=1S/C19H21NO3S2/c1-14-6-2-3-9-20(14)18(21)13-23-19(22)16(17-8-5-11-25-17)12-15-7-4-10-24-15/h4-5,7-8,10-12,14H,2-3,6,9,13H2,1H3/b16-12+/t14-/m1/s1. The maximum absolute atomic E-state index is 12.6. The number of ether oxygens (including phenoxy) is 1. The van der Waals surface area contributed by atoms with Gasteiger partial charge in [0.15, 0.2) is 6.61 Å². The Bertz CT molecular complexity index is 735. The van der Waals surface area contributed by atoms with E-state index in [1.54, 1.807) is 11.3 Å². The van der Waals surface area contributed by atoms with Crippen LogP contribution in [0.25, 0.3) is 11.6 Å². The Morgan fingerprint density at radius 1 is 1.24 bits per heavy atom. The molecule has 6 heteroatoms. The molecule has 0 spiro atoms. The second kappa shape index (κ2) is 8.45. The minimum atomic E-state index is -0.450. The maximum Gasteiger partial charge on any atom is 0.340 e. The van der Waals surface area contributed by atoms with Gasteiger partial charge in [-0.25, -0.2) is 4.79 Å². The van der Waals surface area contributed by atoms with E-state index in [0.717, 1.165) is 35.6 Å². The molecule has 1 atom stereocenters. The van der Waals surface area contributed by atoms with Gasteiger partial charge < -0.3 is 9.64 Å². The highest BCUT2D eigenvalue weighted by Crippen LogP contribution is 2.26. The summed E-state index contributed by atoms with van der Waals surface area (Å²) in [5.74, 6) is -0.559. The molecule has 0 aliphatic carbocycles. The summed E-state index contributed by atoms with van der Waals surface area (Å²) in [6.07, 6.45) is 5.00. The van der Waals surface area contributed by atoms with Gasteiger partial charge in [0.05, 0.1) is 5.57 Å². The third-order valence-electron chi connectivity index (χ3n) is 4.29. The summed E-state index contributed by atoms with van der Waals surface area (Å²) in [5, 5.41) is 3.88. The minimum absolute atomic E-state index is 0.109. The van der Waals surface area contributed by atoms with Gasteiger partial charge in [-0.2, -0.15) is 0 Å². The van der Waals surface area contributed by atoms with Crippen molar-refractivity contribution >= 4 is 46.2 Å². The molecule has 0 N–H and O–H groups in total. The van der Waals surface area contributed by atoms with Crippen molar-refractivity contribution in [3.8, 4) is 0 Å². The Kier molecular flexibility index (Phi) is 6.04. The van der Waals surface area contributed by atoms with Crippen LogP contribution in [0.3, 0.4) is 0 Å². The summed E-state index contributed by atoms with van der Waals surface area (Å²) in [6, 6.07) is 7.90. The number of carbonyl (C=O) groups excluding carboxylic acids is 2. The van der Waals surface area contributed by atoms with Crippen LogP contribution in [0.5, 0.6) is 0 Å². The fraction of sp³-hybridized carbons (Fsp3) is 0.368. The predicted molar refractivity (Wildman–Crippen MR) is 102 cm³/mol. The molecule has 0 bridgehead atoms. The van der Waals surface area contributed by atoms with E-state index in [4.69, 9.17) is 4.74 Å². The largest absolute Gasteiger partial charge is 0.452 e. The van der Waals surface area contributed by atoms with Crippen LogP contribution in [-0.2, 0) is 14.3 Å². The number of likely N-dealkylation sites (tertiary alicyclic amines) is 1. The molecule has 0 radical (unpaired) electrons. The fourth-order valence-electron chi connectivity index (χ4n) is 2.93. The van der Waals surface area contributed by atoms with Crippen molar-refractivity contribution in [2.45, 2.75) is 32.2 Å². The predicted octanol–water partition coefficient (Wildman–Crippen LogP) is 4.29. The topological polar surface area (TPSA) is 46.6 Å². The van der Waals surface area contributed by atoms with Crippen molar-refractivity contribution in [1.29, 1.82) is 0 Å². The number of amides is 1. The lowest BCUT2D eigenvalue weighted by Gasteiger charge is -2.33. The first kappa shape index (κ1) is 17.9. The van der Waals surface area contributed by atoms with Crippen LogP contribution in [0.2, 0.25) is 0 Å². The van der Waals surface area contributed by atoms with Gasteiger partial charge in [-0.05, 0) is 55.2 Å². The highest BCUT2D eigenvalue weighted by Gasteiger charge is 2.25. The van der Waals surface area contributed by atoms with E-state index in [-0.39, 0.29) is 18.6 Å². The lowest BCUT2D eigenvalue weighted by Crippen LogP contribution is -2.44. The van der Waals surface area contributed by atoms with Crippen LogP contribution < -0.4 is 0 Å². The van der Waals surface area contributed by atoms with E-state index in [1.165, 1.54) is 11.3 Å². The van der Waals surface area contributed by atoms with Crippen molar-refractivity contribution in [2.24, 2.45) is 0 Å². The first-order chi connectivity index (χ1) is 12.1. The Labute approximate surface area is 155 Å². The highest BCUT2D eigenvalue weighted by molar-refractivity contribution is 7.12. The number of carbonyl (C=O) groups is 2. The SMILES string of the molecule is C[C@@H]1CCCCN1C(=O)COC(=O)/C(=C/c1cccs1)c1cccs1. The third-order valence-corrected chi connectivity index (χ3v) is 6.01. The lowest BCUT2D eigenvalue weighted by atomic mass is 10.0. The summed E-state index contributed by atoms with van der Waals surface area (Å²) in [7, 11) is 0.